The van der Waals surface area contributed by atoms with Crippen LogP contribution in [0.4, 0.5) is 0 Å². The normalized spacial score (nSPS) is 14.8. The van der Waals surface area contributed by atoms with E-state index >= 15 is 0 Å². The van der Waals surface area contributed by atoms with E-state index in [0.717, 1.165) is 12.8 Å². The zero-order chi connectivity index (χ0) is 17.5. The molecule has 0 radical (unpaired) electrons. The summed E-state index contributed by atoms with van der Waals surface area (Å²) in [4.78, 5) is 15.3. The summed E-state index contributed by atoms with van der Waals surface area (Å²) in [7, 11) is -3.85. The first-order valence-electron chi connectivity index (χ1n) is 7.57. The van der Waals surface area contributed by atoms with Crippen LogP contribution in [0.3, 0.4) is 0 Å². The maximum absolute atomic E-state index is 12.4. The van der Waals surface area contributed by atoms with Gasteiger partial charge in [0.2, 0.25) is 10.0 Å². The monoisotopic (exact) mass is 350 g/mol. The van der Waals surface area contributed by atoms with Gasteiger partial charge in [0.1, 0.15) is 5.76 Å². The second-order valence-corrected chi connectivity index (χ2v) is 7.75. The average molecular weight is 350 g/mol. The topological polar surface area (TPSA) is 110 Å². The molecule has 1 fully saturated rings. The molecule has 7 nitrogen and oxygen atoms in total. The van der Waals surface area contributed by atoms with E-state index < -0.39 is 16.0 Å². The number of aryl methyl sites for hydroxylation is 1. The number of carboxylic acid groups (broad SMARTS) is 1. The number of rotatable bonds is 6. The summed E-state index contributed by atoms with van der Waals surface area (Å²) < 4.78 is 32.8. The maximum Gasteiger partial charge on any atom is 0.336 e. The van der Waals surface area contributed by atoms with Crippen molar-refractivity contribution in [2.24, 2.45) is 0 Å². The van der Waals surface area contributed by atoms with Gasteiger partial charge in [-0.2, -0.15) is 0 Å². The van der Waals surface area contributed by atoms with E-state index in [-0.39, 0.29) is 17.0 Å². The van der Waals surface area contributed by atoms with Crippen LogP contribution in [0.25, 0.3) is 0 Å². The molecule has 24 heavy (non-hydrogen) atoms. The minimum atomic E-state index is -3.85. The van der Waals surface area contributed by atoms with Crippen molar-refractivity contribution < 1.29 is 22.7 Å². The van der Waals surface area contributed by atoms with Crippen LogP contribution >= 0.6 is 0 Å². The molecular formula is C16H18N2O5S. The molecule has 0 atom stereocenters. The standard InChI is InChI=1S/C16H18N2O5S/c1-9-5-13(6-14(10(9)2)16(19)20)24(21,22)18-8-12-7-17-15(23-12)11-3-4-11/h5-7,11,18H,3-4,8H2,1-2H3,(H,19,20). The van der Waals surface area contributed by atoms with Crippen LogP contribution in [0.2, 0.25) is 0 Å². The van der Waals surface area contributed by atoms with Crippen LogP contribution in [0.15, 0.2) is 27.6 Å². The van der Waals surface area contributed by atoms with Crippen molar-refractivity contribution in [3.05, 3.63) is 46.7 Å². The minimum Gasteiger partial charge on any atom is -0.478 e. The highest BCUT2D eigenvalue weighted by Crippen LogP contribution is 2.39. The summed E-state index contributed by atoms with van der Waals surface area (Å²) in [5.41, 5.74) is 1.13. The Bertz CT molecular complexity index is 897. The molecule has 0 spiro atoms. The van der Waals surface area contributed by atoms with E-state index in [1.54, 1.807) is 13.8 Å². The number of sulfonamides is 1. The second kappa shape index (κ2) is 6.03. The molecule has 1 aliphatic rings. The highest BCUT2D eigenvalue weighted by molar-refractivity contribution is 7.89. The number of carboxylic acids is 1. The number of hydrogen-bond acceptors (Lipinski definition) is 5. The molecule has 3 rings (SSSR count). The van der Waals surface area contributed by atoms with Crippen LogP contribution in [0.5, 0.6) is 0 Å². The molecule has 2 N–H and O–H groups in total. The molecule has 8 heteroatoms. The lowest BCUT2D eigenvalue weighted by Gasteiger charge is -2.10. The van der Waals surface area contributed by atoms with Crippen LogP contribution in [-0.2, 0) is 16.6 Å². The van der Waals surface area contributed by atoms with Crippen molar-refractivity contribution >= 4 is 16.0 Å². The van der Waals surface area contributed by atoms with E-state index in [4.69, 9.17) is 4.42 Å². The van der Waals surface area contributed by atoms with Gasteiger partial charge in [0.25, 0.3) is 0 Å². The fraction of sp³-hybridized carbons (Fsp3) is 0.375. The quantitative estimate of drug-likeness (QED) is 0.827. The lowest BCUT2D eigenvalue weighted by atomic mass is 10.0. The molecule has 1 saturated carbocycles. The third-order valence-corrected chi connectivity index (χ3v) is 5.50. The Labute approximate surface area is 139 Å². The molecule has 128 valence electrons. The SMILES string of the molecule is Cc1cc(S(=O)(=O)NCc2cnc(C3CC3)o2)cc(C(=O)O)c1C. The predicted molar refractivity (Wildman–Crippen MR) is 85.4 cm³/mol. The molecule has 0 unspecified atom stereocenters. The second-order valence-electron chi connectivity index (χ2n) is 5.98. The Kier molecular flexibility index (Phi) is 4.18. The van der Waals surface area contributed by atoms with Gasteiger partial charge in [0.05, 0.1) is 23.2 Å². The smallest absolute Gasteiger partial charge is 0.336 e. The summed E-state index contributed by atoms with van der Waals surface area (Å²) in [5, 5.41) is 9.21. The van der Waals surface area contributed by atoms with Crippen LogP contribution in [-0.4, -0.2) is 24.5 Å². The molecule has 0 bridgehead atoms. The zero-order valence-corrected chi connectivity index (χ0v) is 14.2. The number of aromatic carboxylic acids is 1. The van der Waals surface area contributed by atoms with Crippen molar-refractivity contribution in [1.82, 2.24) is 9.71 Å². The van der Waals surface area contributed by atoms with E-state index in [2.05, 4.69) is 9.71 Å². The number of aromatic nitrogens is 1. The maximum atomic E-state index is 12.4. The van der Waals surface area contributed by atoms with Gasteiger partial charge in [0.15, 0.2) is 5.89 Å². The van der Waals surface area contributed by atoms with Crippen molar-refractivity contribution in [2.75, 3.05) is 0 Å². The molecule has 1 aromatic heterocycles. The zero-order valence-electron chi connectivity index (χ0n) is 13.4. The minimum absolute atomic E-state index is 0.0222. The van der Waals surface area contributed by atoms with Crippen molar-refractivity contribution in [3.8, 4) is 0 Å². The Morgan fingerprint density at radius 3 is 2.71 bits per heavy atom. The fourth-order valence-corrected chi connectivity index (χ4v) is 3.48. The fourth-order valence-electron chi connectivity index (χ4n) is 2.38. The van der Waals surface area contributed by atoms with Gasteiger partial charge < -0.3 is 9.52 Å². The number of nitrogens with one attached hydrogen (secondary N) is 1. The molecule has 1 heterocycles. The molecule has 2 aromatic rings. The number of carbonyl (C=O) groups is 1. The van der Waals surface area contributed by atoms with Gasteiger partial charge in [0, 0.05) is 5.92 Å². The Hall–Kier alpha value is -2.19. The highest BCUT2D eigenvalue weighted by atomic mass is 32.2. The predicted octanol–water partition coefficient (Wildman–Crippen LogP) is 2.35. The Morgan fingerprint density at radius 2 is 2.08 bits per heavy atom. The first-order valence-corrected chi connectivity index (χ1v) is 9.05. The highest BCUT2D eigenvalue weighted by Gasteiger charge is 2.28. The summed E-state index contributed by atoms with van der Waals surface area (Å²) >= 11 is 0. The summed E-state index contributed by atoms with van der Waals surface area (Å²) in [6.45, 7) is 3.30. The Balaban J connectivity index is 1.80. The summed E-state index contributed by atoms with van der Waals surface area (Å²) in [5.74, 6) is 0.275. The number of benzene rings is 1. The summed E-state index contributed by atoms with van der Waals surface area (Å²) in [6.07, 6.45) is 3.61. The van der Waals surface area contributed by atoms with Gasteiger partial charge in [-0.1, -0.05) is 0 Å². The molecular weight excluding hydrogens is 332 g/mol. The largest absolute Gasteiger partial charge is 0.478 e. The van der Waals surface area contributed by atoms with Crippen LogP contribution in [0.1, 0.15) is 51.9 Å². The van der Waals surface area contributed by atoms with Crippen molar-refractivity contribution in [2.45, 2.75) is 44.0 Å². The van der Waals surface area contributed by atoms with E-state index in [1.807, 2.05) is 0 Å². The van der Waals surface area contributed by atoms with Crippen molar-refractivity contribution in [3.63, 3.8) is 0 Å². The lowest BCUT2D eigenvalue weighted by Crippen LogP contribution is -2.23. The van der Waals surface area contributed by atoms with E-state index in [1.165, 1.54) is 18.3 Å². The first-order chi connectivity index (χ1) is 11.3. The first kappa shape index (κ1) is 16.7. The number of hydrogen-bond donors (Lipinski definition) is 2. The van der Waals surface area contributed by atoms with E-state index in [0.29, 0.717) is 28.7 Å². The molecule has 0 saturated heterocycles. The van der Waals surface area contributed by atoms with Gasteiger partial charge in [-0.05, 0) is 49.9 Å². The average Bonchev–Trinajstić information content (AvgIpc) is 3.26. The van der Waals surface area contributed by atoms with Gasteiger partial charge in [-0.15, -0.1) is 0 Å². The third kappa shape index (κ3) is 3.34. The molecule has 1 aromatic carbocycles. The molecule has 0 amide bonds. The van der Waals surface area contributed by atoms with Crippen molar-refractivity contribution in [1.29, 1.82) is 0 Å². The third-order valence-electron chi connectivity index (χ3n) is 4.12. The van der Waals surface area contributed by atoms with Crippen LogP contribution in [0, 0.1) is 13.8 Å². The summed E-state index contributed by atoms with van der Waals surface area (Å²) in [6, 6.07) is 2.63. The van der Waals surface area contributed by atoms with Gasteiger partial charge in [-0.3, -0.25) is 0 Å². The van der Waals surface area contributed by atoms with Crippen LogP contribution < -0.4 is 4.72 Å². The van der Waals surface area contributed by atoms with E-state index in [9.17, 15) is 18.3 Å². The molecule has 0 aliphatic heterocycles. The lowest BCUT2D eigenvalue weighted by molar-refractivity contribution is 0.0695. The van der Waals surface area contributed by atoms with Gasteiger partial charge in [-0.25, -0.2) is 22.9 Å². The molecule has 1 aliphatic carbocycles. The van der Waals surface area contributed by atoms with Gasteiger partial charge >= 0.3 is 5.97 Å². The number of oxazole rings is 1. The Morgan fingerprint density at radius 1 is 1.38 bits per heavy atom. The number of nitrogens with zero attached hydrogens (tertiary/aromatic N) is 1.